The van der Waals surface area contributed by atoms with Crippen molar-refractivity contribution in [3.8, 4) is 11.3 Å². The molecule has 31 heavy (non-hydrogen) atoms. The summed E-state index contributed by atoms with van der Waals surface area (Å²) >= 11 is 0. The Labute approximate surface area is 175 Å². The maximum absolute atomic E-state index is 13.8. The summed E-state index contributed by atoms with van der Waals surface area (Å²) in [4.78, 5) is 17.5. The summed E-state index contributed by atoms with van der Waals surface area (Å²) in [7, 11) is 1.77. The maximum Gasteiger partial charge on any atom is 0.356 e. The zero-order chi connectivity index (χ0) is 22.4. The predicted molar refractivity (Wildman–Crippen MR) is 109 cm³/mol. The number of hydrogen-bond donors (Lipinski definition) is 1. The summed E-state index contributed by atoms with van der Waals surface area (Å²) in [5.41, 5.74) is 2.83. The van der Waals surface area contributed by atoms with Crippen LogP contribution in [0.1, 0.15) is 21.6 Å². The van der Waals surface area contributed by atoms with Crippen LogP contribution in [0, 0.1) is 31.3 Å². The number of aromatic carboxylic acids is 1. The molecule has 0 radical (unpaired) electrons. The largest absolute Gasteiger partial charge is 0.476 e. The summed E-state index contributed by atoms with van der Waals surface area (Å²) in [6.45, 7) is 3.85. The van der Waals surface area contributed by atoms with E-state index in [2.05, 4.69) is 10.1 Å². The van der Waals surface area contributed by atoms with Crippen LogP contribution in [0.3, 0.4) is 0 Å². The van der Waals surface area contributed by atoms with E-state index >= 15 is 0 Å². The average molecular weight is 426 g/mol. The van der Waals surface area contributed by atoms with Gasteiger partial charge >= 0.3 is 5.97 Å². The zero-order valence-electron chi connectivity index (χ0n) is 16.8. The monoisotopic (exact) mass is 426 g/mol. The van der Waals surface area contributed by atoms with Crippen LogP contribution < -0.4 is 4.90 Å². The van der Waals surface area contributed by atoms with E-state index < -0.39 is 23.4 Å². The standard InChI is InChI=1S/C22H17F3N4O2/c1-11-5-4-6-12(2)21(11)28(3)19-10-16(13-7-14(23)20(25)15(24)8-13)26-18-9-17(22(30)31)27-29(18)19/h4-10H,1-3H3,(H,30,31). The fourth-order valence-corrected chi connectivity index (χ4v) is 3.60. The highest BCUT2D eigenvalue weighted by molar-refractivity contribution is 5.87. The van der Waals surface area contributed by atoms with Gasteiger partial charge in [0, 0.05) is 30.4 Å². The fraction of sp³-hybridized carbons (Fsp3) is 0.136. The molecule has 2 aromatic heterocycles. The van der Waals surface area contributed by atoms with Gasteiger partial charge in [-0.25, -0.2) is 22.9 Å². The summed E-state index contributed by atoms with van der Waals surface area (Å²) in [6, 6.07) is 10.2. The second-order valence-corrected chi connectivity index (χ2v) is 7.16. The minimum Gasteiger partial charge on any atom is -0.476 e. The minimum absolute atomic E-state index is 0.00753. The van der Waals surface area contributed by atoms with E-state index in [1.807, 2.05) is 32.0 Å². The summed E-state index contributed by atoms with van der Waals surface area (Å²) < 4.78 is 42.4. The van der Waals surface area contributed by atoms with Gasteiger partial charge in [0.15, 0.2) is 28.8 Å². The fourth-order valence-electron chi connectivity index (χ4n) is 3.60. The van der Waals surface area contributed by atoms with E-state index in [0.717, 1.165) is 28.9 Å². The Bertz CT molecular complexity index is 1310. The lowest BCUT2D eigenvalue weighted by atomic mass is 10.1. The Morgan fingerprint density at radius 2 is 1.65 bits per heavy atom. The van der Waals surface area contributed by atoms with E-state index in [1.165, 1.54) is 16.6 Å². The van der Waals surface area contributed by atoms with E-state index in [9.17, 15) is 23.1 Å². The van der Waals surface area contributed by atoms with Gasteiger partial charge in [0.05, 0.1) is 5.69 Å². The van der Waals surface area contributed by atoms with Gasteiger partial charge in [0.2, 0.25) is 0 Å². The van der Waals surface area contributed by atoms with Crippen LogP contribution in [-0.2, 0) is 0 Å². The van der Waals surface area contributed by atoms with E-state index in [4.69, 9.17) is 0 Å². The number of fused-ring (bicyclic) bond motifs is 1. The van der Waals surface area contributed by atoms with Gasteiger partial charge in [-0.3, -0.25) is 0 Å². The van der Waals surface area contributed by atoms with Crippen LogP contribution in [-0.4, -0.2) is 32.7 Å². The third kappa shape index (κ3) is 3.48. The molecule has 0 aliphatic carbocycles. The van der Waals surface area contributed by atoms with E-state index in [1.54, 1.807) is 11.9 Å². The molecule has 4 rings (SSSR count). The number of aryl methyl sites for hydroxylation is 2. The summed E-state index contributed by atoms with van der Waals surface area (Å²) in [5.74, 6) is -5.10. The smallest absolute Gasteiger partial charge is 0.356 e. The molecule has 158 valence electrons. The minimum atomic E-state index is -1.57. The number of halogens is 3. The van der Waals surface area contributed by atoms with Crippen molar-refractivity contribution in [3.05, 3.63) is 76.7 Å². The van der Waals surface area contributed by atoms with E-state index in [-0.39, 0.29) is 22.6 Å². The molecule has 0 unspecified atom stereocenters. The van der Waals surface area contributed by atoms with Crippen molar-refractivity contribution in [1.29, 1.82) is 0 Å². The van der Waals surface area contributed by atoms with Crippen LogP contribution in [0.25, 0.3) is 16.9 Å². The number of carbonyl (C=O) groups is 1. The number of para-hydroxylation sites is 1. The van der Waals surface area contributed by atoms with Crippen molar-refractivity contribution in [2.75, 3.05) is 11.9 Å². The highest BCUT2D eigenvalue weighted by Crippen LogP contribution is 2.33. The van der Waals surface area contributed by atoms with Gasteiger partial charge in [0.1, 0.15) is 5.82 Å². The third-order valence-electron chi connectivity index (χ3n) is 5.03. The number of hydrogen-bond acceptors (Lipinski definition) is 4. The van der Waals surface area contributed by atoms with Gasteiger partial charge in [-0.05, 0) is 37.1 Å². The van der Waals surface area contributed by atoms with Crippen LogP contribution in [0.15, 0.2) is 42.5 Å². The third-order valence-corrected chi connectivity index (χ3v) is 5.03. The van der Waals surface area contributed by atoms with Gasteiger partial charge in [0.25, 0.3) is 0 Å². The maximum atomic E-state index is 13.8. The van der Waals surface area contributed by atoms with Crippen molar-refractivity contribution in [2.24, 2.45) is 0 Å². The van der Waals surface area contributed by atoms with E-state index in [0.29, 0.717) is 5.82 Å². The number of anilines is 2. The van der Waals surface area contributed by atoms with Crippen LogP contribution in [0.2, 0.25) is 0 Å². The first-order valence-corrected chi connectivity index (χ1v) is 9.26. The molecule has 2 aromatic carbocycles. The first-order chi connectivity index (χ1) is 14.7. The number of benzene rings is 2. The Morgan fingerprint density at radius 3 is 2.23 bits per heavy atom. The SMILES string of the molecule is Cc1cccc(C)c1N(C)c1cc(-c2cc(F)c(F)c(F)c2)nc2cc(C(=O)O)nn12. The molecule has 4 aromatic rings. The molecule has 0 aliphatic rings. The first-order valence-electron chi connectivity index (χ1n) is 9.26. The molecular formula is C22H17F3N4O2. The van der Waals surface area contributed by atoms with Crippen LogP contribution in [0.4, 0.5) is 24.7 Å². The molecule has 6 nitrogen and oxygen atoms in total. The molecule has 0 amide bonds. The number of nitrogens with zero attached hydrogens (tertiary/aromatic N) is 4. The molecule has 0 spiro atoms. The van der Waals surface area contributed by atoms with Gasteiger partial charge in [-0.2, -0.15) is 9.61 Å². The molecule has 9 heteroatoms. The Hall–Kier alpha value is -3.88. The van der Waals surface area contributed by atoms with Crippen molar-refractivity contribution >= 4 is 23.1 Å². The Balaban J connectivity index is 2.00. The Kier molecular flexibility index (Phi) is 4.88. The second-order valence-electron chi connectivity index (χ2n) is 7.16. The number of carboxylic acid groups (broad SMARTS) is 1. The second kappa shape index (κ2) is 7.42. The van der Waals surface area contributed by atoms with Crippen molar-refractivity contribution in [2.45, 2.75) is 13.8 Å². The number of rotatable bonds is 4. The molecular weight excluding hydrogens is 409 g/mol. The van der Waals surface area contributed by atoms with Crippen molar-refractivity contribution in [1.82, 2.24) is 14.6 Å². The highest BCUT2D eigenvalue weighted by atomic mass is 19.2. The van der Waals surface area contributed by atoms with Crippen molar-refractivity contribution < 1.29 is 23.1 Å². The quantitative estimate of drug-likeness (QED) is 0.470. The van der Waals surface area contributed by atoms with Gasteiger partial charge < -0.3 is 10.0 Å². The molecule has 0 fully saturated rings. The van der Waals surface area contributed by atoms with Crippen molar-refractivity contribution in [3.63, 3.8) is 0 Å². The topological polar surface area (TPSA) is 70.7 Å². The van der Waals surface area contributed by atoms with Crippen LogP contribution in [0.5, 0.6) is 0 Å². The summed E-state index contributed by atoms with van der Waals surface area (Å²) in [6.07, 6.45) is 0. The lowest BCUT2D eigenvalue weighted by Gasteiger charge is -2.24. The molecule has 1 N–H and O–H groups in total. The normalized spacial score (nSPS) is 11.2. The molecule has 0 atom stereocenters. The zero-order valence-corrected chi connectivity index (χ0v) is 16.8. The highest BCUT2D eigenvalue weighted by Gasteiger charge is 2.20. The number of aromatic nitrogens is 3. The molecule has 0 saturated heterocycles. The lowest BCUT2D eigenvalue weighted by Crippen LogP contribution is -2.17. The van der Waals surface area contributed by atoms with Gasteiger partial charge in [-0.15, -0.1) is 0 Å². The molecule has 0 bridgehead atoms. The molecule has 2 heterocycles. The van der Waals surface area contributed by atoms with Gasteiger partial charge in [-0.1, -0.05) is 18.2 Å². The molecule has 0 aliphatic heterocycles. The predicted octanol–water partition coefficient (Wildman–Crippen LogP) is 4.90. The molecule has 0 saturated carbocycles. The van der Waals surface area contributed by atoms with Crippen LogP contribution >= 0.6 is 0 Å². The average Bonchev–Trinajstić information content (AvgIpc) is 3.15. The summed E-state index contributed by atoms with van der Waals surface area (Å²) in [5, 5.41) is 13.5. The number of carboxylic acids is 1. The Morgan fingerprint density at radius 1 is 1.03 bits per heavy atom. The lowest BCUT2D eigenvalue weighted by molar-refractivity contribution is 0.0690. The first kappa shape index (κ1) is 20.4.